The molecule has 0 amide bonds. The van der Waals surface area contributed by atoms with Gasteiger partial charge in [-0.05, 0) is 24.3 Å². The average Bonchev–Trinajstić information content (AvgIpc) is 2.47. The lowest BCUT2D eigenvalue weighted by molar-refractivity contribution is 0.302. The normalized spacial score (nSPS) is 10.4. The third-order valence-corrected chi connectivity index (χ3v) is 4.49. The minimum Gasteiger partial charge on any atom is -0.497 e. The molecule has 2 aromatic rings. The third-order valence-electron chi connectivity index (χ3n) is 2.82. The molecule has 0 bridgehead atoms. The van der Waals surface area contributed by atoms with E-state index in [-0.39, 0.29) is 0 Å². The molecule has 0 radical (unpaired) electrons. The molecule has 106 valence electrons. The minimum atomic E-state index is 0.418. The van der Waals surface area contributed by atoms with E-state index in [1.165, 1.54) is 0 Å². The largest absolute Gasteiger partial charge is 0.497 e. The SMILES string of the molecule is COc1ccc(Br)c(COc2c(Cl)cccc2CBr)c1. The van der Waals surface area contributed by atoms with Crippen molar-refractivity contribution >= 4 is 43.5 Å². The van der Waals surface area contributed by atoms with Gasteiger partial charge in [0.25, 0.3) is 0 Å². The van der Waals surface area contributed by atoms with E-state index in [1.807, 2.05) is 36.4 Å². The van der Waals surface area contributed by atoms with Crippen LogP contribution in [0.15, 0.2) is 40.9 Å². The van der Waals surface area contributed by atoms with E-state index in [0.717, 1.165) is 21.3 Å². The van der Waals surface area contributed by atoms with Gasteiger partial charge in [-0.25, -0.2) is 0 Å². The van der Waals surface area contributed by atoms with Crippen molar-refractivity contribution in [3.05, 3.63) is 57.0 Å². The summed E-state index contributed by atoms with van der Waals surface area (Å²) >= 11 is 13.1. The maximum absolute atomic E-state index is 6.19. The Morgan fingerprint density at radius 2 is 1.95 bits per heavy atom. The molecule has 0 atom stereocenters. The fraction of sp³-hybridized carbons (Fsp3) is 0.200. The van der Waals surface area contributed by atoms with Gasteiger partial charge in [0, 0.05) is 20.9 Å². The zero-order valence-electron chi connectivity index (χ0n) is 10.8. The summed E-state index contributed by atoms with van der Waals surface area (Å²) in [4.78, 5) is 0. The van der Waals surface area contributed by atoms with Crippen LogP contribution in [0.25, 0.3) is 0 Å². The molecule has 0 aromatic heterocycles. The van der Waals surface area contributed by atoms with Crippen molar-refractivity contribution in [1.29, 1.82) is 0 Å². The van der Waals surface area contributed by atoms with E-state index < -0.39 is 0 Å². The molecule has 0 saturated heterocycles. The molecule has 0 fully saturated rings. The van der Waals surface area contributed by atoms with Gasteiger partial charge >= 0.3 is 0 Å². The molecular formula is C15H13Br2ClO2. The first-order valence-corrected chi connectivity index (χ1v) is 8.23. The predicted octanol–water partition coefficient (Wildman–Crippen LogP) is 5.59. The zero-order chi connectivity index (χ0) is 14.5. The van der Waals surface area contributed by atoms with Crippen molar-refractivity contribution in [1.82, 2.24) is 0 Å². The summed E-state index contributed by atoms with van der Waals surface area (Å²) in [5, 5.41) is 1.31. The molecule has 0 heterocycles. The quantitative estimate of drug-likeness (QED) is 0.588. The lowest BCUT2D eigenvalue weighted by Crippen LogP contribution is -2.00. The Kier molecular flexibility index (Phi) is 5.75. The van der Waals surface area contributed by atoms with E-state index in [9.17, 15) is 0 Å². The lowest BCUT2D eigenvalue weighted by atomic mass is 10.2. The molecule has 20 heavy (non-hydrogen) atoms. The van der Waals surface area contributed by atoms with Crippen LogP contribution in [0, 0.1) is 0 Å². The molecule has 0 N–H and O–H groups in total. The van der Waals surface area contributed by atoms with Crippen molar-refractivity contribution in [2.24, 2.45) is 0 Å². The molecular weight excluding hydrogens is 407 g/mol. The van der Waals surface area contributed by atoms with Crippen LogP contribution in [0.4, 0.5) is 0 Å². The van der Waals surface area contributed by atoms with Crippen molar-refractivity contribution in [3.63, 3.8) is 0 Å². The molecule has 0 spiro atoms. The Bertz CT molecular complexity index is 602. The van der Waals surface area contributed by atoms with E-state index in [1.54, 1.807) is 7.11 Å². The van der Waals surface area contributed by atoms with Gasteiger partial charge in [0.05, 0.1) is 12.1 Å². The minimum absolute atomic E-state index is 0.418. The average molecular weight is 421 g/mol. The number of ether oxygens (including phenoxy) is 2. The molecule has 0 saturated carbocycles. The van der Waals surface area contributed by atoms with Crippen LogP contribution in [-0.4, -0.2) is 7.11 Å². The molecule has 0 unspecified atom stereocenters. The maximum atomic E-state index is 6.19. The number of hydrogen-bond donors (Lipinski definition) is 0. The highest BCUT2D eigenvalue weighted by Gasteiger charge is 2.09. The predicted molar refractivity (Wildman–Crippen MR) is 89.1 cm³/mol. The number of methoxy groups -OCH3 is 1. The second-order valence-corrected chi connectivity index (χ2v) is 5.93. The fourth-order valence-electron chi connectivity index (χ4n) is 1.76. The van der Waals surface area contributed by atoms with Crippen LogP contribution in [0.5, 0.6) is 11.5 Å². The van der Waals surface area contributed by atoms with Crippen LogP contribution >= 0.6 is 43.5 Å². The summed E-state index contributed by atoms with van der Waals surface area (Å²) in [7, 11) is 1.64. The number of halogens is 3. The fourth-order valence-corrected chi connectivity index (χ4v) is 2.81. The van der Waals surface area contributed by atoms with E-state index in [2.05, 4.69) is 31.9 Å². The second-order valence-electron chi connectivity index (χ2n) is 4.11. The van der Waals surface area contributed by atoms with Gasteiger partial charge in [0.1, 0.15) is 18.1 Å². The maximum Gasteiger partial charge on any atom is 0.142 e. The first kappa shape index (κ1) is 15.7. The smallest absolute Gasteiger partial charge is 0.142 e. The van der Waals surface area contributed by atoms with E-state index >= 15 is 0 Å². The highest BCUT2D eigenvalue weighted by atomic mass is 79.9. The third kappa shape index (κ3) is 3.68. The second kappa shape index (κ2) is 7.34. The van der Waals surface area contributed by atoms with Gasteiger partial charge in [-0.2, -0.15) is 0 Å². The van der Waals surface area contributed by atoms with Crippen LogP contribution in [0.2, 0.25) is 5.02 Å². The number of alkyl halides is 1. The summed E-state index contributed by atoms with van der Waals surface area (Å²) in [6.45, 7) is 0.418. The summed E-state index contributed by atoms with van der Waals surface area (Å²) < 4.78 is 12.1. The molecule has 2 aromatic carbocycles. The van der Waals surface area contributed by atoms with Crippen LogP contribution in [-0.2, 0) is 11.9 Å². The Balaban J connectivity index is 2.21. The number of benzene rings is 2. The van der Waals surface area contributed by atoms with E-state index in [0.29, 0.717) is 22.7 Å². The number of hydrogen-bond acceptors (Lipinski definition) is 2. The van der Waals surface area contributed by atoms with E-state index in [4.69, 9.17) is 21.1 Å². The highest BCUT2D eigenvalue weighted by molar-refractivity contribution is 9.10. The standard InChI is InChI=1S/C15H13Br2ClO2/c1-19-12-5-6-13(17)11(7-12)9-20-15-10(8-16)3-2-4-14(15)18/h2-7H,8-9H2,1H3. The monoisotopic (exact) mass is 418 g/mol. The van der Waals surface area contributed by atoms with Crippen LogP contribution in [0.1, 0.15) is 11.1 Å². The van der Waals surface area contributed by atoms with Gasteiger partial charge in [-0.1, -0.05) is 55.6 Å². The highest BCUT2D eigenvalue weighted by Crippen LogP contribution is 2.32. The molecule has 0 aliphatic rings. The van der Waals surface area contributed by atoms with Crippen LogP contribution in [0.3, 0.4) is 0 Å². The van der Waals surface area contributed by atoms with Gasteiger partial charge in [0.15, 0.2) is 0 Å². The van der Waals surface area contributed by atoms with Crippen molar-refractivity contribution < 1.29 is 9.47 Å². The van der Waals surface area contributed by atoms with Crippen LogP contribution < -0.4 is 9.47 Å². The summed E-state index contributed by atoms with van der Waals surface area (Å²) in [5.41, 5.74) is 2.03. The van der Waals surface area contributed by atoms with Gasteiger partial charge in [-0.3, -0.25) is 0 Å². The molecule has 2 nitrogen and oxygen atoms in total. The lowest BCUT2D eigenvalue weighted by Gasteiger charge is -2.13. The van der Waals surface area contributed by atoms with Crippen molar-refractivity contribution in [2.45, 2.75) is 11.9 Å². The molecule has 0 aliphatic carbocycles. The Hall–Kier alpha value is -0.710. The Labute approximate surface area is 140 Å². The topological polar surface area (TPSA) is 18.5 Å². The summed E-state index contributed by atoms with van der Waals surface area (Å²) in [6.07, 6.45) is 0. The number of rotatable bonds is 5. The Morgan fingerprint density at radius 1 is 1.15 bits per heavy atom. The number of para-hydroxylation sites is 1. The first-order valence-electron chi connectivity index (χ1n) is 5.94. The molecule has 2 rings (SSSR count). The van der Waals surface area contributed by atoms with Gasteiger partial charge in [-0.15, -0.1) is 0 Å². The van der Waals surface area contributed by atoms with Gasteiger partial charge in [0.2, 0.25) is 0 Å². The van der Waals surface area contributed by atoms with Crippen molar-refractivity contribution in [3.8, 4) is 11.5 Å². The summed E-state index contributed by atoms with van der Waals surface area (Å²) in [6, 6.07) is 11.5. The van der Waals surface area contributed by atoms with Crippen molar-refractivity contribution in [2.75, 3.05) is 7.11 Å². The van der Waals surface area contributed by atoms with Gasteiger partial charge < -0.3 is 9.47 Å². The zero-order valence-corrected chi connectivity index (χ0v) is 14.8. The first-order chi connectivity index (χ1) is 9.65. The molecule has 0 aliphatic heterocycles. The molecule has 5 heteroatoms. The Morgan fingerprint density at radius 3 is 2.65 bits per heavy atom. The summed E-state index contributed by atoms with van der Waals surface area (Å²) in [5.74, 6) is 1.51.